The molecule has 0 saturated carbocycles. The Kier molecular flexibility index (Phi) is 8.81. The van der Waals surface area contributed by atoms with Gasteiger partial charge >= 0.3 is 5.97 Å². The number of rotatable bonds is 7. The van der Waals surface area contributed by atoms with E-state index < -0.39 is 36.2 Å². The van der Waals surface area contributed by atoms with Gasteiger partial charge in [-0.1, -0.05) is 0 Å². The standard InChI is InChI=1S/C28H42N6O7/c1-17(30-23(35)18-7-2-12-29-18)24(36)31-13-3-8-19(31)25(37)32-14-4-9-20(32)26(38)33-15-5-10-21(33)27(39)34-16-6-11-22(34)28(40)41/h17-22,29H,2-16H2,1H3,(H,30,35)(H,40,41)/t17-,18-,19-,20-,21-,22-/m0/s1. The Morgan fingerprint density at radius 1 is 0.659 bits per heavy atom. The second-order valence-corrected chi connectivity index (χ2v) is 12.0. The van der Waals surface area contributed by atoms with E-state index in [-0.39, 0.29) is 35.6 Å². The molecule has 13 nitrogen and oxygen atoms in total. The number of carboxylic acid groups (broad SMARTS) is 1. The zero-order chi connectivity index (χ0) is 29.3. The van der Waals surface area contributed by atoms with Crippen LogP contribution in [-0.2, 0) is 28.8 Å². The average molecular weight is 575 g/mol. The summed E-state index contributed by atoms with van der Waals surface area (Å²) >= 11 is 0. The Bertz CT molecular complexity index is 1080. The van der Waals surface area contributed by atoms with Crippen molar-refractivity contribution in [2.45, 2.75) is 107 Å². The summed E-state index contributed by atoms with van der Waals surface area (Å²) in [5, 5.41) is 15.5. The molecule has 0 unspecified atom stereocenters. The van der Waals surface area contributed by atoms with E-state index in [1.165, 1.54) is 9.80 Å². The van der Waals surface area contributed by atoms with Gasteiger partial charge in [-0.05, 0) is 77.7 Å². The second kappa shape index (κ2) is 12.3. The van der Waals surface area contributed by atoms with Crippen molar-refractivity contribution in [1.82, 2.24) is 30.2 Å². The Morgan fingerprint density at radius 2 is 1.10 bits per heavy atom. The van der Waals surface area contributed by atoms with Gasteiger partial charge in [0.2, 0.25) is 29.5 Å². The molecule has 3 N–H and O–H groups in total. The molecule has 0 radical (unpaired) electrons. The van der Waals surface area contributed by atoms with E-state index in [0.29, 0.717) is 77.5 Å². The molecule has 5 fully saturated rings. The maximum atomic E-state index is 13.8. The topological polar surface area (TPSA) is 160 Å². The van der Waals surface area contributed by atoms with E-state index in [4.69, 9.17) is 0 Å². The molecule has 0 aromatic carbocycles. The molecule has 0 bridgehead atoms. The van der Waals surface area contributed by atoms with Gasteiger partial charge in [-0.2, -0.15) is 0 Å². The van der Waals surface area contributed by atoms with Gasteiger partial charge in [0.15, 0.2) is 0 Å². The van der Waals surface area contributed by atoms with E-state index in [9.17, 15) is 33.9 Å². The highest BCUT2D eigenvalue weighted by Gasteiger charge is 2.47. The van der Waals surface area contributed by atoms with Crippen LogP contribution in [-0.4, -0.2) is 129 Å². The number of carbonyl (C=O) groups is 6. The van der Waals surface area contributed by atoms with E-state index in [2.05, 4.69) is 10.6 Å². The SMILES string of the molecule is C[C@H](NC(=O)[C@@H]1CCCN1)C(=O)N1CCC[C@H]1C(=O)N1CCC[C@H]1C(=O)N1CCC[C@H]1C(=O)N1CCC[C@H]1C(=O)O. The third-order valence-corrected chi connectivity index (χ3v) is 9.39. The predicted molar refractivity (Wildman–Crippen MR) is 145 cm³/mol. The molecule has 5 heterocycles. The molecule has 226 valence electrons. The molecule has 0 aliphatic carbocycles. The number of amides is 5. The first kappa shape index (κ1) is 29.3. The first-order chi connectivity index (χ1) is 19.7. The lowest BCUT2D eigenvalue weighted by Gasteiger charge is -2.35. The molecule has 0 aromatic heterocycles. The molecule has 13 heteroatoms. The van der Waals surface area contributed by atoms with Crippen LogP contribution in [0.1, 0.15) is 71.1 Å². The van der Waals surface area contributed by atoms with Gasteiger partial charge < -0.3 is 35.3 Å². The molecule has 5 saturated heterocycles. The third-order valence-electron chi connectivity index (χ3n) is 9.39. The van der Waals surface area contributed by atoms with Crippen LogP contribution in [0.3, 0.4) is 0 Å². The molecule has 6 atom stereocenters. The van der Waals surface area contributed by atoms with E-state index in [1.807, 2.05) is 0 Å². The van der Waals surface area contributed by atoms with Gasteiger partial charge in [0.05, 0.1) is 6.04 Å². The van der Waals surface area contributed by atoms with Gasteiger partial charge in [-0.25, -0.2) is 4.79 Å². The summed E-state index contributed by atoms with van der Waals surface area (Å²) in [7, 11) is 0. The molecule has 41 heavy (non-hydrogen) atoms. The second-order valence-electron chi connectivity index (χ2n) is 12.0. The normalized spacial score (nSPS) is 30.6. The fourth-order valence-corrected chi connectivity index (χ4v) is 7.26. The summed E-state index contributed by atoms with van der Waals surface area (Å²) in [5.74, 6) is -2.42. The number of hydrogen-bond donors (Lipinski definition) is 3. The van der Waals surface area contributed by atoms with Crippen molar-refractivity contribution >= 4 is 35.5 Å². The van der Waals surface area contributed by atoms with Crippen molar-refractivity contribution in [1.29, 1.82) is 0 Å². The van der Waals surface area contributed by atoms with Crippen LogP contribution in [0.2, 0.25) is 0 Å². The average Bonchev–Trinajstić information content (AvgIpc) is 3.80. The number of carbonyl (C=O) groups excluding carboxylic acids is 5. The van der Waals surface area contributed by atoms with Crippen LogP contribution in [0.15, 0.2) is 0 Å². The highest BCUT2D eigenvalue weighted by molar-refractivity contribution is 5.97. The first-order valence-electron chi connectivity index (χ1n) is 15.2. The summed E-state index contributed by atoms with van der Waals surface area (Å²) in [6.45, 7) is 3.97. The van der Waals surface area contributed by atoms with Crippen LogP contribution in [0.25, 0.3) is 0 Å². The van der Waals surface area contributed by atoms with E-state index in [0.717, 1.165) is 19.4 Å². The monoisotopic (exact) mass is 574 g/mol. The summed E-state index contributed by atoms with van der Waals surface area (Å²) < 4.78 is 0. The van der Waals surface area contributed by atoms with Gasteiger partial charge in [-0.15, -0.1) is 0 Å². The summed E-state index contributed by atoms with van der Waals surface area (Å²) in [5.41, 5.74) is 0. The van der Waals surface area contributed by atoms with Crippen molar-refractivity contribution in [2.75, 3.05) is 32.7 Å². The molecular formula is C28H42N6O7. The maximum absolute atomic E-state index is 13.8. The van der Waals surface area contributed by atoms with Crippen molar-refractivity contribution in [2.24, 2.45) is 0 Å². The van der Waals surface area contributed by atoms with E-state index in [1.54, 1.807) is 16.7 Å². The fraction of sp³-hybridized carbons (Fsp3) is 0.786. The number of carboxylic acids is 1. The number of aliphatic carboxylic acids is 1. The quantitative estimate of drug-likeness (QED) is 0.360. The van der Waals surface area contributed by atoms with Gasteiger partial charge in [0.25, 0.3) is 0 Å². The minimum Gasteiger partial charge on any atom is -0.480 e. The Hall–Kier alpha value is -3.22. The number of nitrogens with zero attached hydrogens (tertiary/aromatic N) is 4. The predicted octanol–water partition coefficient (Wildman–Crippen LogP) is -0.708. The lowest BCUT2D eigenvalue weighted by atomic mass is 10.1. The minimum atomic E-state index is -1.03. The van der Waals surface area contributed by atoms with Crippen LogP contribution in [0.5, 0.6) is 0 Å². The molecular weight excluding hydrogens is 532 g/mol. The zero-order valence-electron chi connectivity index (χ0n) is 23.8. The van der Waals surface area contributed by atoms with Crippen LogP contribution in [0, 0.1) is 0 Å². The molecule has 5 rings (SSSR count). The number of nitrogens with one attached hydrogen (secondary N) is 2. The summed E-state index contributed by atoms with van der Waals surface area (Å²) in [4.78, 5) is 84.6. The molecule has 5 amide bonds. The maximum Gasteiger partial charge on any atom is 0.326 e. The minimum absolute atomic E-state index is 0.214. The molecule has 5 aliphatic heterocycles. The first-order valence-corrected chi connectivity index (χ1v) is 15.2. The van der Waals surface area contributed by atoms with Crippen molar-refractivity contribution in [3.8, 4) is 0 Å². The smallest absolute Gasteiger partial charge is 0.326 e. The number of likely N-dealkylation sites (tertiary alicyclic amines) is 4. The van der Waals surface area contributed by atoms with Crippen LogP contribution < -0.4 is 10.6 Å². The highest BCUT2D eigenvalue weighted by atomic mass is 16.4. The Balaban J connectivity index is 1.23. The van der Waals surface area contributed by atoms with Crippen molar-refractivity contribution in [3.05, 3.63) is 0 Å². The largest absolute Gasteiger partial charge is 0.480 e. The molecule has 0 spiro atoms. The Morgan fingerprint density at radius 3 is 1.56 bits per heavy atom. The van der Waals surface area contributed by atoms with Crippen LogP contribution >= 0.6 is 0 Å². The zero-order valence-corrected chi connectivity index (χ0v) is 23.8. The van der Waals surface area contributed by atoms with Crippen LogP contribution in [0.4, 0.5) is 0 Å². The third kappa shape index (κ3) is 5.77. The lowest BCUT2D eigenvalue weighted by molar-refractivity contribution is -0.154. The van der Waals surface area contributed by atoms with E-state index >= 15 is 0 Å². The van der Waals surface area contributed by atoms with Gasteiger partial charge in [-0.3, -0.25) is 24.0 Å². The highest BCUT2D eigenvalue weighted by Crippen LogP contribution is 2.30. The lowest BCUT2D eigenvalue weighted by Crippen LogP contribution is -2.58. The van der Waals surface area contributed by atoms with Crippen molar-refractivity contribution in [3.63, 3.8) is 0 Å². The molecule has 0 aromatic rings. The van der Waals surface area contributed by atoms with Crippen molar-refractivity contribution < 1.29 is 33.9 Å². The summed E-state index contributed by atoms with van der Waals surface area (Å²) in [6, 6.07) is -4.07. The van der Waals surface area contributed by atoms with Gasteiger partial charge in [0.1, 0.15) is 30.2 Å². The molecule has 5 aliphatic rings. The number of hydrogen-bond acceptors (Lipinski definition) is 7. The fourth-order valence-electron chi connectivity index (χ4n) is 7.26. The summed E-state index contributed by atoms with van der Waals surface area (Å²) in [6.07, 6.45) is 6.03. The Labute approximate surface area is 239 Å². The van der Waals surface area contributed by atoms with Gasteiger partial charge in [0, 0.05) is 26.2 Å².